The number of aromatic carboxylic acids is 1. The van der Waals surface area contributed by atoms with Crippen LogP contribution in [0.25, 0.3) is 10.7 Å². The monoisotopic (exact) mass is 291 g/mol. The Labute approximate surface area is 121 Å². The van der Waals surface area contributed by atoms with Crippen molar-refractivity contribution < 1.29 is 9.90 Å². The maximum absolute atomic E-state index is 11.3. The number of rotatable bonds is 6. The van der Waals surface area contributed by atoms with Crippen molar-refractivity contribution in [1.82, 2.24) is 14.9 Å². The molecular weight excluding hydrogens is 274 g/mol. The first-order valence-corrected chi connectivity index (χ1v) is 7.34. The summed E-state index contributed by atoms with van der Waals surface area (Å²) < 4.78 is 0. The van der Waals surface area contributed by atoms with Crippen LogP contribution in [-0.2, 0) is 6.54 Å². The van der Waals surface area contributed by atoms with Crippen molar-refractivity contribution in [3.8, 4) is 10.7 Å². The van der Waals surface area contributed by atoms with Gasteiger partial charge in [-0.15, -0.1) is 11.3 Å². The third-order valence-electron chi connectivity index (χ3n) is 3.05. The molecule has 0 unspecified atom stereocenters. The summed E-state index contributed by atoms with van der Waals surface area (Å²) in [5.74, 6) is -0.981. The van der Waals surface area contributed by atoms with Crippen molar-refractivity contribution in [3.05, 3.63) is 35.0 Å². The zero-order valence-corrected chi connectivity index (χ0v) is 12.4. The molecule has 2 aromatic rings. The number of carboxylic acid groups (broad SMARTS) is 1. The number of carboxylic acids is 1. The van der Waals surface area contributed by atoms with Crippen LogP contribution in [-0.4, -0.2) is 39.0 Å². The number of carbonyl (C=O) groups is 1. The smallest absolute Gasteiger partial charge is 0.355 e. The third kappa shape index (κ3) is 3.20. The first-order chi connectivity index (χ1) is 9.65. The number of thiazole rings is 1. The van der Waals surface area contributed by atoms with Gasteiger partial charge in [-0.3, -0.25) is 9.88 Å². The minimum Gasteiger partial charge on any atom is -0.476 e. The molecule has 2 heterocycles. The van der Waals surface area contributed by atoms with Gasteiger partial charge in [-0.2, -0.15) is 0 Å². The highest BCUT2D eigenvalue weighted by atomic mass is 32.1. The first kappa shape index (κ1) is 14.6. The molecule has 5 nitrogen and oxygen atoms in total. The topological polar surface area (TPSA) is 66.3 Å². The van der Waals surface area contributed by atoms with Crippen LogP contribution in [0.15, 0.2) is 24.4 Å². The summed E-state index contributed by atoms with van der Waals surface area (Å²) in [6, 6.07) is 5.53. The largest absolute Gasteiger partial charge is 0.476 e. The maximum atomic E-state index is 11.3. The molecule has 0 aliphatic heterocycles. The Hall–Kier alpha value is -1.79. The van der Waals surface area contributed by atoms with Crippen molar-refractivity contribution in [1.29, 1.82) is 0 Å². The highest BCUT2D eigenvalue weighted by molar-refractivity contribution is 7.15. The van der Waals surface area contributed by atoms with E-state index in [1.54, 1.807) is 6.20 Å². The predicted molar refractivity (Wildman–Crippen MR) is 78.9 cm³/mol. The Kier molecular flexibility index (Phi) is 4.81. The van der Waals surface area contributed by atoms with Crippen LogP contribution in [0.2, 0.25) is 0 Å². The van der Waals surface area contributed by atoms with Gasteiger partial charge < -0.3 is 5.11 Å². The zero-order valence-electron chi connectivity index (χ0n) is 11.5. The quantitative estimate of drug-likeness (QED) is 0.886. The summed E-state index contributed by atoms with van der Waals surface area (Å²) in [5.41, 5.74) is 0.855. The van der Waals surface area contributed by atoms with Crippen LogP contribution in [0.3, 0.4) is 0 Å². The third-order valence-corrected chi connectivity index (χ3v) is 4.11. The van der Waals surface area contributed by atoms with E-state index < -0.39 is 5.97 Å². The Morgan fingerprint density at radius 1 is 1.35 bits per heavy atom. The molecule has 2 rings (SSSR count). The van der Waals surface area contributed by atoms with E-state index in [0.717, 1.165) is 18.0 Å². The van der Waals surface area contributed by atoms with Crippen molar-refractivity contribution in [3.63, 3.8) is 0 Å². The van der Waals surface area contributed by atoms with Gasteiger partial charge in [-0.05, 0) is 25.2 Å². The molecule has 0 aliphatic rings. The summed E-state index contributed by atoms with van der Waals surface area (Å²) in [6.45, 7) is 6.49. The van der Waals surface area contributed by atoms with E-state index in [-0.39, 0.29) is 5.69 Å². The van der Waals surface area contributed by atoms with Gasteiger partial charge in [0.2, 0.25) is 0 Å². The van der Waals surface area contributed by atoms with Gasteiger partial charge in [-0.25, -0.2) is 9.78 Å². The van der Waals surface area contributed by atoms with E-state index in [2.05, 4.69) is 28.7 Å². The number of hydrogen-bond donors (Lipinski definition) is 1. The number of aromatic nitrogens is 2. The van der Waals surface area contributed by atoms with Crippen molar-refractivity contribution in [2.24, 2.45) is 0 Å². The van der Waals surface area contributed by atoms with E-state index in [0.29, 0.717) is 17.2 Å². The summed E-state index contributed by atoms with van der Waals surface area (Å²) in [7, 11) is 0. The van der Waals surface area contributed by atoms with Gasteiger partial charge in [0.25, 0.3) is 0 Å². The van der Waals surface area contributed by atoms with Gasteiger partial charge in [0.05, 0.1) is 10.6 Å². The zero-order chi connectivity index (χ0) is 14.5. The average molecular weight is 291 g/mol. The molecule has 0 aromatic carbocycles. The molecule has 0 saturated carbocycles. The Morgan fingerprint density at radius 3 is 2.65 bits per heavy atom. The van der Waals surface area contributed by atoms with Crippen LogP contribution in [0.1, 0.15) is 29.2 Å². The summed E-state index contributed by atoms with van der Waals surface area (Å²) in [5, 5.41) is 9.95. The van der Waals surface area contributed by atoms with Crippen molar-refractivity contribution in [2.45, 2.75) is 20.4 Å². The fraction of sp³-hybridized carbons (Fsp3) is 0.357. The molecule has 0 saturated heterocycles. The van der Waals surface area contributed by atoms with E-state index in [9.17, 15) is 9.90 Å². The number of hydrogen-bond acceptors (Lipinski definition) is 5. The van der Waals surface area contributed by atoms with Crippen LogP contribution in [0.4, 0.5) is 0 Å². The maximum Gasteiger partial charge on any atom is 0.355 e. The molecule has 20 heavy (non-hydrogen) atoms. The van der Waals surface area contributed by atoms with Crippen LogP contribution < -0.4 is 0 Å². The SMILES string of the molecule is CCN(CC)Cc1sc(-c2ccccn2)nc1C(=O)O. The molecule has 6 heteroatoms. The average Bonchev–Trinajstić information content (AvgIpc) is 2.89. The van der Waals surface area contributed by atoms with Crippen molar-refractivity contribution >= 4 is 17.3 Å². The fourth-order valence-corrected chi connectivity index (χ4v) is 2.95. The second kappa shape index (κ2) is 6.58. The standard InChI is InChI=1S/C14H17N3O2S/c1-3-17(4-2)9-11-12(14(18)19)16-13(20-11)10-7-5-6-8-15-10/h5-8H,3-4,9H2,1-2H3,(H,18,19). The Bertz CT molecular complexity index is 579. The second-order valence-electron chi connectivity index (χ2n) is 4.27. The second-order valence-corrected chi connectivity index (χ2v) is 5.36. The molecule has 0 bridgehead atoms. The lowest BCUT2D eigenvalue weighted by molar-refractivity contribution is 0.0689. The minimum absolute atomic E-state index is 0.141. The van der Waals surface area contributed by atoms with Gasteiger partial charge in [0.15, 0.2) is 5.69 Å². The number of pyridine rings is 1. The van der Waals surface area contributed by atoms with E-state index >= 15 is 0 Å². The molecule has 1 N–H and O–H groups in total. The van der Waals surface area contributed by atoms with Gasteiger partial charge in [-0.1, -0.05) is 19.9 Å². The molecule has 0 aliphatic carbocycles. The molecule has 0 fully saturated rings. The normalized spacial score (nSPS) is 10.9. The van der Waals surface area contributed by atoms with Crippen LogP contribution >= 0.6 is 11.3 Å². The predicted octanol–water partition coefficient (Wildman–Crippen LogP) is 2.75. The Morgan fingerprint density at radius 2 is 2.10 bits per heavy atom. The highest BCUT2D eigenvalue weighted by Gasteiger charge is 2.19. The van der Waals surface area contributed by atoms with Gasteiger partial charge in [0.1, 0.15) is 5.01 Å². The van der Waals surface area contributed by atoms with E-state index in [1.807, 2.05) is 18.2 Å². The fourth-order valence-electron chi connectivity index (χ4n) is 1.88. The van der Waals surface area contributed by atoms with Gasteiger partial charge >= 0.3 is 5.97 Å². The molecular formula is C14H17N3O2S. The molecule has 0 atom stereocenters. The van der Waals surface area contributed by atoms with E-state index in [1.165, 1.54) is 11.3 Å². The lowest BCUT2D eigenvalue weighted by Crippen LogP contribution is -2.22. The van der Waals surface area contributed by atoms with E-state index in [4.69, 9.17) is 0 Å². The Balaban J connectivity index is 2.36. The lowest BCUT2D eigenvalue weighted by atomic mass is 10.3. The summed E-state index contributed by atoms with van der Waals surface area (Å²) in [6.07, 6.45) is 1.68. The highest BCUT2D eigenvalue weighted by Crippen LogP contribution is 2.27. The van der Waals surface area contributed by atoms with Crippen molar-refractivity contribution in [2.75, 3.05) is 13.1 Å². The molecule has 0 spiro atoms. The summed E-state index contributed by atoms with van der Waals surface area (Å²) in [4.78, 5) is 22.7. The molecule has 0 radical (unpaired) electrons. The lowest BCUT2D eigenvalue weighted by Gasteiger charge is -2.16. The molecule has 106 valence electrons. The molecule has 2 aromatic heterocycles. The van der Waals surface area contributed by atoms with Gasteiger partial charge in [0, 0.05) is 12.7 Å². The molecule has 0 amide bonds. The van der Waals surface area contributed by atoms with Crippen LogP contribution in [0.5, 0.6) is 0 Å². The number of nitrogens with zero attached hydrogens (tertiary/aromatic N) is 3. The first-order valence-electron chi connectivity index (χ1n) is 6.52. The minimum atomic E-state index is -0.981. The van der Waals surface area contributed by atoms with Crippen LogP contribution in [0, 0.1) is 0 Å². The summed E-state index contributed by atoms with van der Waals surface area (Å²) >= 11 is 1.40.